The summed E-state index contributed by atoms with van der Waals surface area (Å²) in [5.74, 6) is 1.53. The Morgan fingerprint density at radius 3 is 3.00 bits per heavy atom. The molecule has 0 aromatic rings. The SMILES string of the molecule is CNC(=O)CCCCC1CCCS1. The standard InChI is InChI=1S/C10H19NOS/c1-11-10(12)7-3-2-5-9-6-4-8-13-9/h9H,2-8H2,1H3,(H,11,12). The van der Waals surface area contributed by atoms with E-state index >= 15 is 0 Å². The molecule has 3 heteroatoms. The minimum atomic E-state index is 0.180. The van der Waals surface area contributed by atoms with Gasteiger partial charge >= 0.3 is 0 Å². The van der Waals surface area contributed by atoms with Gasteiger partial charge in [-0.3, -0.25) is 4.79 Å². The smallest absolute Gasteiger partial charge is 0.219 e. The van der Waals surface area contributed by atoms with Crippen molar-refractivity contribution in [2.45, 2.75) is 43.8 Å². The van der Waals surface area contributed by atoms with E-state index in [-0.39, 0.29) is 5.91 Å². The molecule has 0 aromatic heterocycles. The summed E-state index contributed by atoms with van der Waals surface area (Å²) in [6.07, 6.45) is 7.06. The Hall–Kier alpha value is -0.180. The summed E-state index contributed by atoms with van der Waals surface area (Å²) in [6.45, 7) is 0. The van der Waals surface area contributed by atoms with Gasteiger partial charge in [0.15, 0.2) is 0 Å². The van der Waals surface area contributed by atoms with Crippen LogP contribution < -0.4 is 5.32 Å². The van der Waals surface area contributed by atoms with Crippen molar-refractivity contribution in [3.63, 3.8) is 0 Å². The lowest BCUT2D eigenvalue weighted by atomic mass is 10.1. The fraction of sp³-hybridized carbons (Fsp3) is 0.900. The molecule has 1 heterocycles. The van der Waals surface area contributed by atoms with E-state index in [1.807, 2.05) is 0 Å². The molecule has 0 aliphatic carbocycles. The first-order chi connectivity index (χ1) is 6.33. The van der Waals surface area contributed by atoms with Crippen molar-refractivity contribution in [2.75, 3.05) is 12.8 Å². The zero-order valence-corrected chi connectivity index (χ0v) is 9.16. The lowest BCUT2D eigenvalue weighted by Crippen LogP contribution is -2.17. The maximum Gasteiger partial charge on any atom is 0.219 e. The summed E-state index contributed by atoms with van der Waals surface area (Å²) >= 11 is 2.11. The Kier molecular flexibility index (Phi) is 5.28. The van der Waals surface area contributed by atoms with Gasteiger partial charge in [-0.05, 0) is 31.4 Å². The minimum absolute atomic E-state index is 0.180. The highest BCUT2D eigenvalue weighted by Crippen LogP contribution is 2.29. The van der Waals surface area contributed by atoms with Gasteiger partial charge in [-0.15, -0.1) is 0 Å². The summed E-state index contributed by atoms with van der Waals surface area (Å²) in [5.41, 5.74) is 0. The molecule has 1 aliphatic heterocycles. The van der Waals surface area contributed by atoms with Crippen molar-refractivity contribution in [3.8, 4) is 0 Å². The van der Waals surface area contributed by atoms with Crippen LogP contribution in [-0.2, 0) is 4.79 Å². The average Bonchev–Trinajstić information content (AvgIpc) is 2.64. The van der Waals surface area contributed by atoms with Gasteiger partial charge in [-0.2, -0.15) is 11.8 Å². The molecule has 1 saturated heterocycles. The molecule has 1 aliphatic rings. The van der Waals surface area contributed by atoms with Gasteiger partial charge in [-0.25, -0.2) is 0 Å². The average molecular weight is 201 g/mol. The molecule has 0 spiro atoms. The van der Waals surface area contributed by atoms with Crippen molar-refractivity contribution in [1.29, 1.82) is 0 Å². The van der Waals surface area contributed by atoms with Gasteiger partial charge in [0, 0.05) is 18.7 Å². The second kappa shape index (κ2) is 6.30. The van der Waals surface area contributed by atoms with Crippen molar-refractivity contribution < 1.29 is 4.79 Å². The predicted molar refractivity (Wildman–Crippen MR) is 58.0 cm³/mol. The van der Waals surface area contributed by atoms with Crippen LogP contribution in [0.3, 0.4) is 0 Å². The molecule has 1 N–H and O–H groups in total. The maximum atomic E-state index is 10.9. The highest BCUT2D eigenvalue weighted by molar-refractivity contribution is 8.00. The van der Waals surface area contributed by atoms with Crippen LogP contribution in [0, 0.1) is 0 Å². The van der Waals surface area contributed by atoms with Crippen molar-refractivity contribution in [1.82, 2.24) is 5.32 Å². The molecule has 0 aromatic carbocycles. The monoisotopic (exact) mass is 201 g/mol. The molecule has 1 rings (SSSR count). The summed E-state index contributed by atoms with van der Waals surface area (Å²) < 4.78 is 0. The number of carbonyl (C=O) groups excluding carboxylic acids is 1. The number of hydrogen-bond donors (Lipinski definition) is 1. The second-order valence-electron chi connectivity index (χ2n) is 3.55. The van der Waals surface area contributed by atoms with Crippen LogP contribution in [0.15, 0.2) is 0 Å². The van der Waals surface area contributed by atoms with Gasteiger partial charge in [0.1, 0.15) is 0 Å². The topological polar surface area (TPSA) is 29.1 Å². The third-order valence-corrected chi connectivity index (χ3v) is 3.95. The number of nitrogens with one attached hydrogen (secondary N) is 1. The van der Waals surface area contributed by atoms with Crippen LogP contribution in [0.2, 0.25) is 0 Å². The zero-order valence-electron chi connectivity index (χ0n) is 8.34. The van der Waals surface area contributed by atoms with E-state index in [1.54, 1.807) is 7.05 Å². The largest absolute Gasteiger partial charge is 0.359 e. The van der Waals surface area contributed by atoms with Gasteiger partial charge in [-0.1, -0.05) is 6.42 Å². The van der Waals surface area contributed by atoms with E-state index in [0.717, 1.165) is 11.7 Å². The van der Waals surface area contributed by atoms with E-state index < -0.39 is 0 Å². The first-order valence-electron chi connectivity index (χ1n) is 5.15. The lowest BCUT2D eigenvalue weighted by molar-refractivity contribution is -0.120. The van der Waals surface area contributed by atoms with E-state index in [9.17, 15) is 4.79 Å². The molecule has 0 saturated carbocycles. The van der Waals surface area contributed by atoms with Gasteiger partial charge in [0.2, 0.25) is 5.91 Å². The Balaban J connectivity index is 1.91. The van der Waals surface area contributed by atoms with E-state index in [2.05, 4.69) is 17.1 Å². The molecule has 2 nitrogen and oxygen atoms in total. The van der Waals surface area contributed by atoms with Gasteiger partial charge < -0.3 is 5.32 Å². The van der Waals surface area contributed by atoms with Crippen LogP contribution >= 0.6 is 11.8 Å². The molecular formula is C10H19NOS. The number of thioether (sulfide) groups is 1. The first kappa shape index (κ1) is 10.9. The normalized spacial score (nSPS) is 21.8. The second-order valence-corrected chi connectivity index (χ2v) is 4.96. The van der Waals surface area contributed by atoms with Crippen molar-refractivity contribution >= 4 is 17.7 Å². The zero-order chi connectivity index (χ0) is 9.52. The molecule has 13 heavy (non-hydrogen) atoms. The van der Waals surface area contributed by atoms with Crippen molar-refractivity contribution in [3.05, 3.63) is 0 Å². The van der Waals surface area contributed by atoms with Crippen molar-refractivity contribution in [2.24, 2.45) is 0 Å². The number of carbonyl (C=O) groups is 1. The minimum Gasteiger partial charge on any atom is -0.359 e. The Labute approximate surface area is 84.9 Å². The number of rotatable bonds is 5. The Bertz CT molecular complexity index is 155. The first-order valence-corrected chi connectivity index (χ1v) is 6.20. The molecule has 0 radical (unpaired) electrons. The Morgan fingerprint density at radius 2 is 2.38 bits per heavy atom. The number of hydrogen-bond acceptors (Lipinski definition) is 2. The molecule has 76 valence electrons. The predicted octanol–water partition coefficient (Wildman–Crippen LogP) is 2.19. The maximum absolute atomic E-state index is 10.9. The number of unbranched alkanes of at least 4 members (excludes halogenated alkanes) is 1. The third-order valence-electron chi connectivity index (χ3n) is 2.48. The molecule has 0 bridgehead atoms. The van der Waals surface area contributed by atoms with Crippen LogP contribution in [0.5, 0.6) is 0 Å². The fourth-order valence-electron chi connectivity index (χ4n) is 1.65. The lowest BCUT2D eigenvalue weighted by Gasteiger charge is -2.06. The summed E-state index contributed by atoms with van der Waals surface area (Å²) in [6, 6.07) is 0. The van der Waals surface area contributed by atoms with E-state index in [4.69, 9.17) is 0 Å². The van der Waals surface area contributed by atoms with E-state index in [1.165, 1.54) is 31.4 Å². The summed E-state index contributed by atoms with van der Waals surface area (Å²) in [4.78, 5) is 10.9. The third kappa shape index (κ3) is 4.55. The molecule has 1 unspecified atom stereocenters. The van der Waals surface area contributed by atoms with Crippen LogP contribution in [0.1, 0.15) is 38.5 Å². The van der Waals surface area contributed by atoms with Crippen LogP contribution in [0.25, 0.3) is 0 Å². The van der Waals surface area contributed by atoms with Gasteiger partial charge in [0.25, 0.3) is 0 Å². The summed E-state index contributed by atoms with van der Waals surface area (Å²) in [7, 11) is 1.70. The molecule has 1 amide bonds. The molecule has 1 atom stereocenters. The highest BCUT2D eigenvalue weighted by atomic mass is 32.2. The molecular weight excluding hydrogens is 182 g/mol. The van der Waals surface area contributed by atoms with E-state index in [0.29, 0.717) is 6.42 Å². The Morgan fingerprint density at radius 1 is 1.54 bits per heavy atom. The van der Waals surface area contributed by atoms with Crippen LogP contribution in [0.4, 0.5) is 0 Å². The number of amides is 1. The fourth-order valence-corrected chi connectivity index (χ4v) is 2.99. The molecule has 1 fully saturated rings. The summed E-state index contributed by atoms with van der Waals surface area (Å²) in [5, 5.41) is 3.54. The quantitative estimate of drug-likeness (QED) is 0.691. The van der Waals surface area contributed by atoms with Gasteiger partial charge in [0.05, 0.1) is 0 Å². The van der Waals surface area contributed by atoms with Crippen LogP contribution in [-0.4, -0.2) is 24.0 Å². The highest BCUT2D eigenvalue weighted by Gasteiger charge is 2.14.